The second-order valence-electron chi connectivity index (χ2n) is 3.60. The number of aliphatic hydroxyl groups is 1. The van der Waals surface area contributed by atoms with Gasteiger partial charge in [0.25, 0.3) is 0 Å². The highest BCUT2D eigenvalue weighted by Crippen LogP contribution is 2.50. The van der Waals surface area contributed by atoms with Gasteiger partial charge in [0.05, 0.1) is 26.0 Å². The van der Waals surface area contributed by atoms with Gasteiger partial charge in [0.2, 0.25) is 0 Å². The molecule has 0 aliphatic rings. The van der Waals surface area contributed by atoms with Gasteiger partial charge in [0.15, 0.2) is 5.60 Å². The minimum atomic E-state index is -3.47. The molecule has 0 saturated carbocycles. The maximum Gasteiger partial charge on any atom is 0.338 e. The summed E-state index contributed by atoms with van der Waals surface area (Å²) >= 11 is 0. The molecule has 0 aliphatic carbocycles. The van der Waals surface area contributed by atoms with E-state index in [9.17, 15) is 14.5 Å². The molecule has 0 aliphatic heterocycles. The van der Waals surface area contributed by atoms with Gasteiger partial charge in [0.1, 0.15) is 0 Å². The first-order valence-corrected chi connectivity index (χ1v) is 7.31. The molecule has 0 aromatic carbocycles. The molecule has 1 atom stereocenters. The van der Waals surface area contributed by atoms with Gasteiger partial charge in [-0.3, -0.25) is 4.57 Å². The number of ether oxygens (including phenoxy) is 1. The van der Waals surface area contributed by atoms with Crippen LogP contribution in [0.25, 0.3) is 0 Å². The van der Waals surface area contributed by atoms with E-state index in [0.717, 1.165) is 0 Å². The third kappa shape index (κ3) is 5.64. The van der Waals surface area contributed by atoms with Gasteiger partial charge in [-0.15, -0.1) is 0 Å². The van der Waals surface area contributed by atoms with E-state index in [1.54, 1.807) is 20.8 Å². The van der Waals surface area contributed by atoms with Crippen molar-refractivity contribution in [1.29, 1.82) is 0 Å². The Hall–Kier alpha value is -0.420. The second kappa shape index (κ2) is 7.11. The summed E-state index contributed by atoms with van der Waals surface area (Å²) < 4.78 is 26.8. The minimum Gasteiger partial charge on any atom is -0.464 e. The molecule has 1 unspecified atom stereocenters. The highest BCUT2D eigenvalue weighted by molar-refractivity contribution is 7.54. The maximum absolute atomic E-state index is 12.1. The molecule has 1 N–H and O–H groups in total. The van der Waals surface area contributed by atoms with E-state index >= 15 is 0 Å². The van der Waals surface area contributed by atoms with Gasteiger partial charge < -0.3 is 18.9 Å². The van der Waals surface area contributed by atoms with Crippen LogP contribution < -0.4 is 0 Å². The Kier molecular flexibility index (Phi) is 6.94. The van der Waals surface area contributed by atoms with E-state index in [1.807, 2.05) is 0 Å². The van der Waals surface area contributed by atoms with Crippen LogP contribution in [0.4, 0.5) is 0 Å². The summed E-state index contributed by atoms with van der Waals surface area (Å²) in [7, 11) is -3.47. The SMILES string of the molecule is CCOC(=O)C(C)(O)CP(=O)(OCC)OCC. The van der Waals surface area contributed by atoms with Crippen LogP contribution in [-0.4, -0.2) is 42.7 Å². The topological polar surface area (TPSA) is 82.1 Å². The molecule has 0 spiro atoms. The van der Waals surface area contributed by atoms with Gasteiger partial charge >= 0.3 is 13.6 Å². The molecular weight excluding hydrogens is 247 g/mol. The average molecular weight is 268 g/mol. The molecular formula is C10H21O6P. The predicted octanol–water partition coefficient (Wildman–Crippen LogP) is 1.57. The van der Waals surface area contributed by atoms with E-state index in [2.05, 4.69) is 4.74 Å². The zero-order valence-corrected chi connectivity index (χ0v) is 11.7. The fraction of sp³-hybridized carbons (Fsp3) is 0.900. The molecule has 0 saturated heterocycles. The molecule has 0 heterocycles. The van der Waals surface area contributed by atoms with Crippen molar-refractivity contribution in [3.8, 4) is 0 Å². The van der Waals surface area contributed by atoms with Crippen molar-refractivity contribution in [3.63, 3.8) is 0 Å². The molecule has 0 rings (SSSR count). The Morgan fingerprint density at radius 3 is 2.00 bits per heavy atom. The Labute approximate surface area is 102 Å². The largest absolute Gasteiger partial charge is 0.464 e. The first kappa shape index (κ1) is 16.6. The normalized spacial score (nSPS) is 15.4. The molecule has 0 aromatic heterocycles. The van der Waals surface area contributed by atoms with Crippen LogP contribution in [0.3, 0.4) is 0 Å². The van der Waals surface area contributed by atoms with Crippen molar-refractivity contribution in [2.24, 2.45) is 0 Å². The van der Waals surface area contributed by atoms with Gasteiger partial charge in [0, 0.05) is 0 Å². The van der Waals surface area contributed by atoms with Gasteiger partial charge in [-0.2, -0.15) is 0 Å². The third-order valence-electron chi connectivity index (χ3n) is 1.87. The van der Waals surface area contributed by atoms with E-state index in [0.29, 0.717) is 0 Å². The first-order valence-electron chi connectivity index (χ1n) is 5.59. The number of carbonyl (C=O) groups excluding carboxylic acids is 1. The fourth-order valence-electron chi connectivity index (χ4n) is 1.25. The molecule has 0 amide bonds. The van der Waals surface area contributed by atoms with E-state index in [1.165, 1.54) is 6.92 Å². The molecule has 6 nitrogen and oxygen atoms in total. The van der Waals surface area contributed by atoms with Crippen LogP contribution in [0.15, 0.2) is 0 Å². The molecule has 0 aromatic rings. The molecule has 0 radical (unpaired) electrons. The van der Waals surface area contributed by atoms with Gasteiger partial charge in [-0.25, -0.2) is 4.79 Å². The standard InChI is InChI=1S/C10H21O6P/c1-5-14-9(11)10(4,12)8-17(13,15-6-2)16-7-3/h12H,5-8H2,1-4H3. The van der Waals surface area contributed by atoms with Crippen LogP contribution in [-0.2, 0) is 23.1 Å². The van der Waals surface area contributed by atoms with Crippen molar-refractivity contribution < 1.29 is 28.3 Å². The minimum absolute atomic E-state index is 0.141. The molecule has 0 bridgehead atoms. The highest BCUT2D eigenvalue weighted by Gasteiger charge is 2.41. The zero-order valence-electron chi connectivity index (χ0n) is 10.8. The lowest BCUT2D eigenvalue weighted by atomic mass is 10.1. The van der Waals surface area contributed by atoms with Crippen LogP contribution in [0.2, 0.25) is 0 Å². The maximum atomic E-state index is 12.1. The summed E-state index contributed by atoms with van der Waals surface area (Å²) in [6.07, 6.45) is -0.416. The lowest BCUT2D eigenvalue weighted by molar-refractivity contribution is -0.161. The molecule has 17 heavy (non-hydrogen) atoms. The Morgan fingerprint density at radius 2 is 1.65 bits per heavy atom. The molecule has 0 fully saturated rings. The van der Waals surface area contributed by atoms with E-state index in [-0.39, 0.29) is 19.8 Å². The average Bonchev–Trinajstić information content (AvgIpc) is 2.17. The summed E-state index contributed by atoms with van der Waals surface area (Å²) in [6, 6.07) is 0. The summed E-state index contributed by atoms with van der Waals surface area (Å²) in [5.74, 6) is -0.834. The quantitative estimate of drug-likeness (QED) is 0.531. The van der Waals surface area contributed by atoms with Crippen molar-refractivity contribution in [1.82, 2.24) is 0 Å². The van der Waals surface area contributed by atoms with Crippen molar-refractivity contribution in [2.75, 3.05) is 26.0 Å². The van der Waals surface area contributed by atoms with Crippen molar-refractivity contribution >= 4 is 13.6 Å². The van der Waals surface area contributed by atoms with Crippen LogP contribution in [0, 0.1) is 0 Å². The van der Waals surface area contributed by atoms with Crippen molar-refractivity contribution in [2.45, 2.75) is 33.3 Å². The van der Waals surface area contributed by atoms with E-state index < -0.39 is 25.3 Å². The molecule has 7 heteroatoms. The predicted molar refractivity (Wildman–Crippen MR) is 63.0 cm³/mol. The summed E-state index contributed by atoms with van der Waals surface area (Å²) in [5.41, 5.74) is -1.88. The van der Waals surface area contributed by atoms with Gasteiger partial charge in [-0.05, 0) is 27.7 Å². The van der Waals surface area contributed by atoms with Crippen LogP contribution >= 0.6 is 7.60 Å². The molecule has 102 valence electrons. The number of hydrogen-bond acceptors (Lipinski definition) is 6. The lowest BCUT2D eigenvalue weighted by Crippen LogP contribution is -2.40. The first-order chi connectivity index (χ1) is 7.81. The van der Waals surface area contributed by atoms with Crippen molar-refractivity contribution in [3.05, 3.63) is 0 Å². The number of esters is 1. The Balaban J connectivity index is 4.73. The zero-order chi connectivity index (χ0) is 13.5. The fourth-order valence-corrected chi connectivity index (χ4v) is 3.18. The monoisotopic (exact) mass is 268 g/mol. The number of hydrogen-bond donors (Lipinski definition) is 1. The van der Waals surface area contributed by atoms with Crippen LogP contribution in [0.5, 0.6) is 0 Å². The summed E-state index contributed by atoms with van der Waals surface area (Å²) in [5, 5.41) is 9.90. The number of carbonyl (C=O) groups is 1. The Bertz CT molecular complexity index is 279. The lowest BCUT2D eigenvalue weighted by Gasteiger charge is -2.25. The summed E-state index contributed by atoms with van der Waals surface area (Å²) in [4.78, 5) is 11.4. The summed E-state index contributed by atoms with van der Waals surface area (Å²) in [6.45, 7) is 6.67. The van der Waals surface area contributed by atoms with Crippen LogP contribution in [0.1, 0.15) is 27.7 Å². The Morgan fingerprint density at radius 1 is 1.18 bits per heavy atom. The smallest absolute Gasteiger partial charge is 0.338 e. The van der Waals surface area contributed by atoms with Gasteiger partial charge in [-0.1, -0.05) is 0 Å². The highest BCUT2D eigenvalue weighted by atomic mass is 31.2. The third-order valence-corrected chi connectivity index (χ3v) is 4.17. The van der Waals surface area contributed by atoms with E-state index in [4.69, 9.17) is 9.05 Å². The number of rotatable bonds is 8. The second-order valence-corrected chi connectivity index (χ2v) is 5.65.